The SMILES string of the molecule is Cc1cc(C(N)=O)nn(Cc2nc(CCc3ccc(Cl)cc3)no2)c1=O. The molecule has 2 heterocycles. The summed E-state index contributed by atoms with van der Waals surface area (Å²) in [4.78, 5) is 27.7. The van der Waals surface area contributed by atoms with Gasteiger partial charge in [-0.2, -0.15) is 10.1 Å². The van der Waals surface area contributed by atoms with E-state index in [1.807, 2.05) is 24.3 Å². The van der Waals surface area contributed by atoms with E-state index in [0.717, 1.165) is 16.7 Å². The summed E-state index contributed by atoms with van der Waals surface area (Å²) in [6.07, 6.45) is 1.30. The number of hydrogen-bond acceptors (Lipinski definition) is 6. The molecule has 0 aliphatic rings. The molecule has 0 aliphatic heterocycles. The van der Waals surface area contributed by atoms with Crippen molar-refractivity contribution < 1.29 is 9.32 Å². The Balaban J connectivity index is 1.71. The fourth-order valence-electron chi connectivity index (χ4n) is 2.39. The molecule has 0 atom stereocenters. The summed E-state index contributed by atoms with van der Waals surface area (Å²) >= 11 is 5.86. The Hall–Kier alpha value is -3.00. The first kappa shape index (κ1) is 17.8. The fraction of sp³-hybridized carbons (Fsp3) is 0.235. The van der Waals surface area contributed by atoms with Gasteiger partial charge in [-0.1, -0.05) is 28.9 Å². The van der Waals surface area contributed by atoms with Crippen molar-refractivity contribution in [2.75, 3.05) is 0 Å². The second kappa shape index (κ2) is 7.49. The number of nitrogens with zero attached hydrogens (tertiary/aromatic N) is 4. The van der Waals surface area contributed by atoms with Crippen molar-refractivity contribution >= 4 is 17.5 Å². The summed E-state index contributed by atoms with van der Waals surface area (Å²) in [5, 5.41) is 8.52. The maximum absolute atomic E-state index is 12.1. The molecule has 1 aromatic carbocycles. The molecule has 0 bridgehead atoms. The van der Waals surface area contributed by atoms with E-state index in [2.05, 4.69) is 15.2 Å². The molecule has 0 radical (unpaired) electrons. The Labute approximate surface area is 153 Å². The molecule has 134 valence electrons. The number of benzene rings is 1. The zero-order valence-electron chi connectivity index (χ0n) is 14.0. The van der Waals surface area contributed by atoms with Crippen LogP contribution in [-0.4, -0.2) is 25.8 Å². The van der Waals surface area contributed by atoms with Crippen LogP contribution in [0.25, 0.3) is 0 Å². The maximum atomic E-state index is 12.1. The third-order valence-corrected chi connectivity index (χ3v) is 4.00. The number of rotatable bonds is 6. The van der Waals surface area contributed by atoms with Crippen LogP contribution in [0.4, 0.5) is 0 Å². The third kappa shape index (κ3) is 4.15. The quantitative estimate of drug-likeness (QED) is 0.700. The molecule has 2 aromatic heterocycles. The molecular formula is C17H16ClN5O3. The van der Waals surface area contributed by atoms with Gasteiger partial charge in [0.15, 0.2) is 5.82 Å². The Bertz CT molecular complexity index is 994. The van der Waals surface area contributed by atoms with Crippen molar-refractivity contribution in [3.8, 4) is 0 Å². The number of aryl methyl sites for hydroxylation is 3. The van der Waals surface area contributed by atoms with Crippen molar-refractivity contribution in [3.05, 3.63) is 74.2 Å². The highest BCUT2D eigenvalue weighted by molar-refractivity contribution is 6.30. The molecule has 3 aromatic rings. The Morgan fingerprint density at radius 1 is 1.27 bits per heavy atom. The van der Waals surface area contributed by atoms with E-state index in [1.54, 1.807) is 6.92 Å². The van der Waals surface area contributed by atoms with Gasteiger partial charge >= 0.3 is 0 Å². The van der Waals surface area contributed by atoms with E-state index < -0.39 is 5.91 Å². The van der Waals surface area contributed by atoms with E-state index >= 15 is 0 Å². The smallest absolute Gasteiger partial charge is 0.270 e. The molecule has 26 heavy (non-hydrogen) atoms. The van der Waals surface area contributed by atoms with Crippen LogP contribution in [0.15, 0.2) is 39.6 Å². The summed E-state index contributed by atoms with van der Waals surface area (Å²) in [6.45, 7) is 1.55. The summed E-state index contributed by atoms with van der Waals surface area (Å²) in [7, 11) is 0. The van der Waals surface area contributed by atoms with Gasteiger partial charge in [-0.05, 0) is 37.1 Å². The van der Waals surface area contributed by atoms with Crippen LogP contribution < -0.4 is 11.3 Å². The van der Waals surface area contributed by atoms with E-state index in [1.165, 1.54) is 6.07 Å². The van der Waals surface area contributed by atoms with Gasteiger partial charge in [-0.25, -0.2) is 4.68 Å². The van der Waals surface area contributed by atoms with E-state index in [4.69, 9.17) is 21.9 Å². The van der Waals surface area contributed by atoms with Crippen LogP contribution >= 0.6 is 11.6 Å². The highest BCUT2D eigenvalue weighted by Gasteiger charge is 2.13. The van der Waals surface area contributed by atoms with Gasteiger partial charge in [0, 0.05) is 17.0 Å². The van der Waals surface area contributed by atoms with Gasteiger partial charge in [0.25, 0.3) is 11.5 Å². The number of carbonyl (C=O) groups is 1. The molecule has 1 amide bonds. The summed E-state index contributed by atoms with van der Waals surface area (Å²) in [5.74, 6) is 0.0357. The van der Waals surface area contributed by atoms with Crippen LogP contribution in [-0.2, 0) is 19.4 Å². The lowest BCUT2D eigenvalue weighted by Gasteiger charge is -2.04. The predicted molar refractivity (Wildman–Crippen MR) is 94.0 cm³/mol. The average molecular weight is 374 g/mol. The molecule has 8 nitrogen and oxygen atoms in total. The lowest BCUT2D eigenvalue weighted by molar-refractivity contribution is 0.0993. The van der Waals surface area contributed by atoms with E-state index in [0.29, 0.717) is 22.8 Å². The van der Waals surface area contributed by atoms with Crippen molar-refractivity contribution in [3.63, 3.8) is 0 Å². The minimum Gasteiger partial charge on any atom is -0.364 e. The van der Waals surface area contributed by atoms with Crippen LogP contribution in [0.3, 0.4) is 0 Å². The van der Waals surface area contributed by atoms with E-state index in [9.17, 15) is 9.59 Å². The molecule has 0 unspecified atom stereocenters. The van der Waals surface area contributed by atoms with Crippen molar-refractivity contribution in [2.24, 2.45) is 5.73 Å². The molecule has 0 saturated carbocycles. The van der Waals surface area contributed by atoms with Gasteiger partial charge in [-0.3, -0.25) is 9.59 Å². The van der Waals surface area contributed by atoms with Gasteiger partial charge in [0.05, 0.1) is 0 Å². The van der Waals surface area contributed by atoms with Crippen LogP contribution in [0.2, 0.25) is 5.02 Å². The fourth-order valence-corrected chi connectivity index (χ4v) is 2.52. The number of carbonyl (C=O) groups excluding carboxylic acids is 1. The number of amides is 1. The van der Waals surface area contributed by atoms with E-state index in [-0.39, 0.29) is 23.7 Å². The second-order valence-electron chi connectivity index (χ2n) is 5.77. The monoisotopic (exact) mass is 373 g/mol. The lowest BCUT2D eigenvalue weighted by Crippen LogP contribution is -2.29. The first-order valence-corrected chi connectivity index (χ1v) is 8.24. The number of hydrogen-bond donors (Lipinski definition) is 1. The standard InChI is InChI=1S/C17H16ClN5O3/c1-10-8-13(16(19)24)21-23(17(10)25)9-15-20-14(22-26-15)7-4-11-2-5-12(18)6-3-11/h2-3,5-6,8H,4,7,9H2,1H3,(H2,19,24). The minimum atomic E-state index is -0.712. The Morgan fingerprint density at radius 3 is 2.69 bits per heavy atom. The Kier molecular flexibility index (Phi) is 5.13. The highest BCUT2D eigenvalue weighted by Crippen LogP contribution is 2.11. The van der Waals surface area contributed by atoms with Crippen LogP contribution in [0.1, 0.15) is 33.3 Å². The molecule has 0 saturated heterocycles. The minimum absolute atomic E-state index is 0.00424. The maximum Gasteiger partial charge on any atom is 0.270 e. The molecule has 2 N–H and O–H groups in total. The van der Waals surface area contributed by atoms with Crippen LogP contribution in [0, 0.1) is 6.92 Å². The summed E-state index contributed by atoms with van der Waals surface area (Å²) < 4.78 is 6.26. The zero-order valence-corrected chi connectivity index (χ0v) is 14.7. The Morgan fingerprint density at radius 2 is 2.00 bits per heavy atom. The highest BCUT2D eigenvalue weighted by atomic mass is 35.5. The largest absolute Gasteiger partial charge is 0.364 e. The number of halogens is 1. The van der Waals surface area contributed by atoms with Crippen LogP contribution in [0.5, 0.6) is 0 Å². The molecular weight excluding hydrogens is 358 g/mol. The first-order valence-electron chi connectivity index (χ1n) is 7.87. The first-order chi connectivity index (χ1) is 12.4. The van der Waals surface area contributed by atoms with Gasteiger partial charge < -0.3 is 10.3 Å². The summed E-state index contributed by atoms with van der Waals surface area (Å²) in [5.41, 5.74) is 6.34. The lowest BCUT2D eigenvalue weighted by atomic mass is 10.1. The van der Waals surface area contributed by atoms with Crippen molar-refractivity contribution in [1.29, 1.82) is 0 Å². The zero-order chi connectivity index (χ0) is 18.7. The molecule has 3 rings (SSSR count). The normalized spacial score (nSPS) is 10.8. The molecule has 0 fully saturated rings. The third-order valence-electron chi connectivity index (χ3n) is 3.75. The van der Waals surface area contributed by atoms with Gasteiger partial charge in [-0.15, -0.1) is 0 Å². The average Bonchev–Trinajstić information content (AvgIpc) is 3.05. The van der Waals surface area contributed by atoms with Gasteiger partial charge in [0.1, 0.15) is 12.2 Å². The number of aromatic nitrogens is 4. The topological polar surface area (TPSA) is 117 Å². The van der Waals surface area contributed by atoms with Gasteiger partial charge in [0.2, 0.25) is 5.89 Å². The predicted octanol–water partition coefficient (Wildman–Crippen LogP) is 1.52. The second-order valence-corrected chi connectivity index (χ2v) is 6.21. The number of primary amides is 1. The van der Waals surface area contributed by atoms with Crippen molar-refractivity contribution in [2.45, 2.75) is 26.3 Å². The molecule has 0 aliphatic carbocycles. The number of nitrogens with two attached hydrogens (primary N) is 1. The molecule has 9 heteroatoms. The van der Waals surface area contributed by atoms with Crippen molar-refractivity contribution in [1.82, 2.24) is 19.9 Å². The summed E-state index contributed by atoms with van der Waals surface area (Å²) in [6, 6.07) is 8.87. The molecule has 0 spiro atoms.